The molecule has 304 valence electrons. The summed E-state index contributed by atoms with van der Waals surface area (Å²) in [5, 5.41) is 0. The van der Waals surface area contributed by atoms with Gasteiger partial charge in [-0.3, -0.25) is 38.4 Å². The first-order valence-corrected chi connectivity index (χ1v) is 18.8. The van der Waals surface area contributed by atoms with Crippen molar-refractivity contribution < 1.29 is 71.5 Å². The fraction of sp³-hybridized carbons (Fsp3) is 0.750. The number of hydrogen-bond donors (Lipinski definition) is 0. The number of Topliss-reactive ketones (excluding diaryl/α,β-unsaturated/α-hetero) is 3. The average Bonchev–Trinajstić information content (AvgIpc) is 3.26. The molecule has 4 aliphatic carbocycles. The lowest BCUT2D eigenvalue weighted by Crippen LogP contribution is -2.65. The highest BCUT2D eigenvalue weighted by atomic mass is 16.7. The number of fused-ring (bicyclic) bond motifs is 5. The van der Waals surface area contributed by atoms with Gasteiger partial charge in [0.2, 0.25) is 0 Å². The van der Waals surface area contributed by atoms with E-state index in [0.717, 1.165) is 33.3 Å². The molecule has 0 N–H and O–H groups in total. The Balaban J connectivity index is 1.56. The largest absolute Gasteiger partial charge is 0.463 e. The topological polar surface area (TPSA) is 201 Å². The zero-order valence-electron chi connectivity index (χ0n) is 33.5. The summed E-state index contributed by atoms with van der Waals surface area (Å²) >= 11 is 0. The fourth-order valence-corrected chi connectivity index (χ4v) is 11.0. The number of carbonyl (C=O) groups excluding carboxylic acids is 8. The van der Waals surface area contributed by atoms with Crippen molar-refractivity contribution in [2.45, 2.75) is 145 Å². The van der Waals surface area contributed by atoms with Crippen LogP contribution in [0.2, 0.25) is 0 Å². The molecule has 0 amide bonds. The molecular weight excluding hydrogens is 720 g/mol. The first-order valence-electron chi connectivity index (χ1n) is 18.8. The van der Waals surface area contributed by atoms with Crippen molar-refractivity contribution in [2.75, 3.05) is 6.61 Å². The number of esters is 5. The monoisotopic (exact) mass is 774 g/mol. The van der Waals surface area contributed by atoms with Gasteiger partial charge in [0.25, 0.3) is 0 Å². The van der Waals surface area contributed by atoms with Crippen molar-refractivity contribution in [3.8, 4) is 0 Å². The third-order valence-electron chi connectivity index (χ3n) is 13.4. The molecule has 15 nitrogen and oxygen atoms in total. The second kappa shape index (κ2) is 14.8. The Bertz CT molecular complexity index is 1700. The molecule has 0 aromatic heterocycles. The predicted molar refractivity (Wildman–Crippen MR) is 188 cm³/mol. The van der Waals surface area contributed by atoms with Crippen LogP contribution in [0.15, 0.2) is 11.6 Å². The molecule has 5 aliphatic rings. The number of hydrogen-bond acceptors (Lipinski definition) is 15. The summed E-state index contributed by atoms with van der Waals surface area (Å²) < 4.78 is 40.3. The minimum atomic E-state index is -1.60. The van der Waals surface area contributed by atoms with E-state index in [4.69, 9.17) is 33.2 Å². The van der Waals surface area contributed by atoms with E-state index in [1.54, 1.807) is 13.8 Å². The highest BCUT2D eigenvalue weighted by Crippen LogP contribution is 2.73. The van der Waals surface area contributed by atoms with Crippen molar-refractivity contribution in [3.05, 3.63) is 11.6 Å². The van der Waals surface area contributed by atoms with Crippen molar-refractivity contribution >= 4 is 47.2 Å². The van der Waals surface area contributed by atoms with Gasteiger partial charge in [-0.05, 0) is 62.7 Å². The summed E-state index contributed by atoms with van der Waals surface area (Å²) in [6.45, 7) is 16.3. The van der Waals surface area contributed by atoms with Crippen molar-refractivity contribution in [1.82, 2.24) is 0 Å². The second-order valence-corrected chi connectivity index (χ2v) is 17.1. The van der Waals surface area contributed by atoms with Gasteiger partial charge in [-0.1, -0.05) is 32.4 Å². The summed E-state index contributed by atoms with van der Waals surface area (Å²) in [5.74, 6) is -5.68. The molecule has 0 unspecified atom stereocenters. The molecule has 3 saturated carbocycles. The maximum absolute atomic E-state index is 14.8. The standard InChI is InChI=1S/C40H54O15/c1-18(41)31-27(50-20(3)43)15-38(9)29-13-12-24-25(40(29,11)30(47)16-39(31,38)10)14-26(35(48)37(24,7)8)54-36-34(53-23(6)46)33(52-22(5)45)32(51-21(4)44)28(55-36)17-49-19(2)42/h12,25-29,31-34,36H,13-17H2,1-11H3/t25-,26+,27-,28-,29+,31+,32-,33+,34-,36-,38+,39-,40+/m1/s1. The normalized spacial score (nSPS) is 40.3. The number of rotatable bonds is 9. The lowest BCUT2D eigenvalue weighted by Gasteiger charge is -2.64. The van der Waals surface area contributed by atoms with Crippen molar-refractivity contribution in [2.24, 2.45) is 39.4 Å². The smallest absolute Gasteiger partial charge is 0.303 e. The van der Waals surface area contributed by atoms with Gasteiger partial charge in [-0.15, -0.1) is 0 Å². The third-order valence-corrected chi connectivity index (χ3v) is 13.4. The molecule has 0 spiro atoms. The van der Waals surface area contributed by atoms with E-state index in [9.17, 15) is 38.4 Å². The van der Waals surface area contributed by atoms with Crippen LogP contribution in [-0.4, -0.2) is 96.7 Å². The van der Waals surface area contributed by atoms with E-state index in [1.807, 2.05) is 19.9 Å². The van der Waals surface area contributed by atoms with Gasteiger partial charge in [-0.25, -0.2) is 0 Å². The van der Waals surface area contributed by atoms with E-state index >= 15 is 0 Å². The molecule has 55 heavy (non-hydrogen) atoms. The van der Waals surface area contributed by atoms with E-state index in [0.29, 0.717) is 12.8 Å². The molecule has 5 rings (SSSR count). The van der Waals surface area contributed by atoms with E-state index in [1.165, 1.54) is 13.8 Å². The number of ketones is 3. The minimum absolute atomic E-state index is 0.0238. The fourth-order valence-electron chi connectivity index (χ4n) is 11.0. The summed E-state index contributed by atoms with van der Waals surface area (Å²) in [4.78, 5) is 104. The molecule has 0 aromatic carbocycles. The number of ether oxygens (including phenoxy) is 7. The Morgan fingerprint density at radius 2 is 1.31 bits per heavy atom. The first-order chi connectivity index (χ1) is 25.4. The Kier molecular flexibility index (Phi) is 11.4. The maximum atomic E-state index is 14.8. The van der Waals surface area contributed by atoms with Gasteiger partial charge >= 0.3 is 29.8 Å². The molecule has 4 fully saturated rings. The molecule has 1 heterocycles. The molecule has 0 aromatic rings. The van der Waals surface area contributed by atoms with Crippen LogP contribution in [0.25, 0.3) is 0 Å². The van der Waals surface area contributed by atoms with Gasteiger partial charge in [0.15, 0.2) is 30.4 Å². The van der Waals surface area contributed by atoms with Crippen LogP contribution in [0.4, 0.5) is 0 Å². The highest BCUT2D eigenvalue weighted by Gasteiger charge is 2.74. The Hall–Kier alpha value is -3.98. The quantitative estimate of drug-likeness (QED) is 0.187. The van der Waals surface area contributed by atoms with Crippen LogP contribution in [-0.2, 0) is 71.5 Å². The Morgan fingerprint density at radius 1 is 0.745 bits per heavy atom. The molecular formula is C40H54O15. The van der Waals surface area contributed by atoms with E-state index < -0.39 is 113 Å². The summed E-state index contributed by atoms with van der Waals surface area (Å²) in [7, 11) is 0. The Morgan fingerprint density at radius 3 is 1.85 bits per heavy atom. The maximum Gasteiger partial charge on any atom is 0.303 e. The molecule has 0 bridgehead atoms. The van der Waals surface area contributed by atoms with Gasteiger partial charge in [0.1, 0.15) is 36.5 Å². The van der Waals surface area contributed by atoms with E-state index in [-0.39, 0.29) is 36.1 Å². The summed E-state index contributed by atoms with van der Waals surface area (Å²) in [6, 6.07) is 0. The SMILES string of the molecule is CC(=O)OC[C@H]1O[C@@H](O[C@H]2C[C@@H]3C(=CC[C@@H]4[C@@]3(C)C(=O)C[C@]3(C)[C@@H](C(C)=O)[C@H](OC(C)=O)C[C@@]43C)C(C)(C)C2=O)[C@H](OC(C)=O)[C@@H](OC(C)=O)[C@@H]1OC(C)=O. The summed E-state index contributed by atoms with van der Waals surface area (Å²) in [6.07, 6.45) is -6.33. The lowest BCUT2D eigenvalue weighted by atomic mass is 9.39. The predicted octanol–water partition coefficient (Wildman–Crippen LogP) is 3.55. The van der Waals surface area contributed by atoms with Gasteiger partial charge in [-0.2, -0.15) is 0 Å². The van der Waals surface area contributed by atoms with Crippen LogP contribution in [0, 0.1) is 39.4 Å². The second-order valence-electron chi connectivity index (χ2n) is 17.1. The van der Waals surface area contributed by atoms with Crippen LogP contribution in [0.1, 0.15) is 102 Å². The minimum Gasteiger partial charge on any atom is -0.463 e. The van der Waals surface area contributed by atoms with Crippen molar-refractivity contribution in [3.63, 3.8) is 0 Å². The third kappa shape index (κ3) is 7.15. The van der Waals surface area contributed by atoms with Crippen LogP contribution >= 0.6 is 0 Å². The Labute approximate surface area is 320 Å². The van der Waals surface area contributed by atoms with Crippen LogP contribution in [0.3, 0.4) is 0 Å². The summed E-state index contributed by atoms with van der Waals surface area (Å²) in [5.41, 5.74) is -2.83. The molecule has 1 saturated heterocycles. The van der Waals surface area contributed by atoms with Gasteiger partial charge < -0.3 is 33.2 Å². The zero-order chi connectivity index (χ0) is 41.2. The van der Waals surface area contributed by atoms with Crippen molar-refractivity contribution in [1.29, 1.82) is 0 Å². The van der Waals surface area contributed by atoms with Crippen LogP contribution in [0.5, 0.6) is 0 Å². The van der Waals surface area contributed by atoms with Crippen LogP contribution < -0.4 is 0 Å². The zero-order valence-corrected chi connectivity index (χ0v) is 33.5. The molecule has 15 heteroatoms. The molecule has 1 aliphatic heterocycles. The molecule has 0 radical (unpaired) electrons. The number of allylic oxidation sites excluding steroid dienone is 2. The average molecular weight is 775 g/mol. The van der Waals surface area contributed by atoms with Gasteiger partial charge in [0, 0.05) is 51.9 Å². The highest BCUT2D eigenvalue weighted by molar-refractivity contribution is 5.95. The lowest BCUT2D eigenvalue weighted by molar-refractivity contribution is -0.316. The van der Waals surface area contributed by atoms with E-state index in [2.05, 4.69) is 6.92 Å². The number of carbonyl (C=O) groups is 8. The molecule has 13 atom stereocenters. The first kappa shape index (κ1) is 42.2. The van der Waals surface area contributed by atoms with Gasteiger partial charge in [0.05, 0.1) is 5.92 Å².